The molecule has 4 rings (SSSR count). The molecule has 0 unspecified atom stereocenters. The third-order valence-corrected chi connectivity index (χ3v) is 4.53. The van der Waals surface area contributed by atoms with Crippen molar-refractivity contribution in [1.29, 1.82) is 0 Å². The molecule has 2 aliphatic rings. The van der Waals surface area contributed by atoms with Crippen molar-refractivity contribution in [3.05, 3.63) is 35.2 Å². The van der Waals surface area contributed by atoms with E-state index in [1.165, 1.54) is 11.1 Å². The Morgan fingerprint density at radius 1 is 1.17 bits per heavy atom. The summed E-state index contributed by atoms with van der Waals surface area (Å²) in [5.74, 6) is 3.28. The molecule has 1 aliphatic heterocycles. The molecule has 0 amide bonds. The van der Waals surface area contributed by atoms with Gasteiger partial charge in [0.2, 0.25) is 11.9 Å². The van der Waals surface area contributed by atoms with Gasteiger partial charge in [0.15, 0.2) is 0 Å². The molecule has 2 N–H and O–H groups in total. The second kappa shape index (κ2) is 5.68. The molecule has 2 aromatic rings. The van der Waals surface area contributed by atoms with Crippen molar-refractivity contribution in [3.63, 3.8) is 0 Å². The fourth-order valence-electron chi connectivity index (χ4n) is 3.09. The SMILES string of the molecule is COc1ccc2c(c1)CCCN(c1nc(N)nc(C3CC3)n1)C2. The first-order valence-electron chi connectivity index (χ1n) is 8.15. The zero-order chi connectivity index (χ0) is 15.8. The average molecular weight is 311 g/mol. The van der Waals surface area contributed by atoms with Crippen molar-refractivity contribution >= 4 is 11.9 Å². The lowest BCUT2D eigenvalue weighted by Gasteiger charge is -2.21. The number of rotatable bonds is 3. The molecule has 1 saturated carbocycles. The van der Waals surface area contributed by atoms with Crippen molar-refractivity contribution in [1.82, 2.24) is 15.0 Å². The number of hydrogen-bond acceptors (Lipinski definition) is 6. The van der Waals surface area contributed by atoms with Gasteiger partial charge in [0.25, 0.3) is 0 Å². The Balaban J connectivity index is 1.64. The van der Waals surface area contributed by atoms with Gasteiger partial charge in [-0.2, -0.15) is 15.0 Å². The Labute approximate surface area is 135 Å². The number of nitrogen functional groups attached to an aromatic ring is 1. The van der Waals surface area contributed by atoms with E-state index in [2.05, 4.69) is 32.0 Å². The minimum absolute atomic E-state index is 0.330. The maximum atomic E-state index is 5.90. The number of hydrogen-bond donors (Lipinski definition) is 1. The second-order valence-electron chi connectivity index (χ2n) is 6.29. The molecule has 0 saturated heterocycles. The fourth-order valence-corrected chi connectivity index (χ4v) is 3.09. The lowest BCUT2D eigenvalue weighted by Crippen LogP contribution is -2.26. The maximum Gasteiger partial charge on any atom is 0.230 e. The number of anilines is 2. The molecule has 120 valence electrons. The number of methoxy groups -OCH3 is 1. The van der Waals surface area contributed by atoms with E-state index in [1.807, 2.05) is 6.07 Å². The van der Waals surface area contributed by atoms with Crippen molar-refractivity contribution in [3.8, 4) is 5.75 Å². The number of benzene rings is 1. The van der Waals surface area contributed by atoms with Crippen LogP contribution in [0.15, 0.2) is 18.2 Å². The molecule has 0 bridgehead atoms. The topological polar surface area (TPSA) is 77.2 Å². The van der Waals surface area contributed by atoms with E-state index in [0.717, 1.165) is 50.3 Å². The molecular formula is C17H21N5O. The van der Waals surface area contributed by atoms with Crippen LogP contribution in [0.25, 0.3) is 0 Å². The Morgan fingerprint density at radius 3 is 2.83 bits per heavy atom. The number of aromatic nitrogens is 3. The van der Waals surface area contributed by atoms with Gasteiger partial charge in [-0.1, -0.05) is 6.07 Å². The van der Waals surface area contributed by atoms with E-state index >= 15 is 0 Å². The highest BCUT2D eigenvalue weighted by Crippen LogP contribution is 2.38. The van der Waals surface area contributed by atoms with Crippen molar-refractivity contribution < 1.29 is 4.74 Å². The number of ether oxygens (including phenoxy) is 1. The normalized spacial score (nSPS) is 17.5. The molecule has 6 nitrogen and oxygen atoms in total. The summed E-state index contributed by atoms with van der Waals surface area (Å²) in [6.45, 7) is 1.72. The summed E-state index contributed by atoms with van der Waals surface area (Å²) in [6.07, 6.45) is 4.42. The van der Waals surface area contributed by atoms with Gasteiger partial charge in [-0.3, -0.25) is 0 Å². The largest absolute Gasteiger partial charge is 0.497 e. The zero-order valence-electron chi connectivity index (χ0n) is 13.3. The van der Waals surface area contributed by atoms with Crippen LogP contribution < -0.4 is 15.4 Å². The smallest absolute Gasteiger partial charge is 0.230 e. The predicted octanol–water partition coefficient (Wildman–Crippen LogP) is 2.29. The summed E-state index contributed by atoms with van der Waals surface area (Å²) < 4.78 is 5.33. The van der Waals surface area contributed by atoms with E-state index in [4.69, 9.17) is 10.5 Å². The van der Waals surface area contributed by atoms with Gasteiger partial charge in [-0.25, -0.2) is 0 Å². The highest BCUT2D eigenvalue weighted by molar-refractivity contribution is 5.42. The van der Waals surface area contributed by atoms with E-state index < -0.39 is 0 Å². The van der Waals surface area contributed by atoms with Crippen molar-refractivity contribution in [2.45, 2.75) is 38.1 Å². The van der Waals surface area contributed by atoms with Gasteiger partial charge >= 0.3 is 0 Å². The van der Waals surface area contributed by atoms with E-state index in [-0.39, 0.29) is 0 Å². The van der Waals surface area contributed by atoms with Crippen molar-refractivity contribution in [2.24, 2.45) is 0 Å². The van der Waals surface area contributed by atoms with Gasteiger partial charge in [-0.05, 0) is 48.9 Å². The Kier molecular flexibility index (Phi) is 3.52. The second-order valence-corrected chi connectivity index (χ2v) is 6.29. The summed E-state index contributed by atoms with van der Waals surface area (Å²) in [6, 6.07) is 6.29. The van der Waals surface area contributed by atoms with Gasteiger partial charge in [-0.15, -0.1) is 0 Å². The van der Waals surface area contributed by atoms with Crippen LogP contribution in [0.4, 0.5) is 11.9 Å². The van der Waals surface area contributed by atoms with Crippen LogP contribution in [0.2, 0.25) is 0 Å². The maximum absolute atomic E-state index is 5.90. The number of nitrogens with two attached hydrogens (primary N) is 1. The molecule has 0 spiro atoms. The summed E-state index contributed by atoms with van der Waals surface area (Å²) in [7, 11) is 1.71. The highest BCUT2D eigenvalue weighted by Gasteiger charge is 2.28. The third kappa shape index (κ3) is 2.93. The number of aryl methyl sites for hydroxylation is 1. The van der Waals surface area contributed by atoms with E-state index in [0.29, 0.717) is 17.8 Å². The van der Waals surface area contributed by atoms with Crippen LogP contribution in [0, 0.1) is 0 Å². The molecular weight excluding hydrogens is 290 g/mol. The third-order valence-electron chi connectivity index (χ3n) is 4.53. The van der Waals surface area contributed by atoms with Crippen LogP contribution in [0.1, 0.15) is 42.1 Å². The summed E-state index contributed by atoms with van der Waals surface area (Å²) in [5, 5.41) is 0. The van der Waals surface area contributed by atoms with Gasteiger partial charge in [0, 0.05) is 19.0 Å². The fraction of sp³-hybridized carbons (Fsp3) is 0.471. The summed E-state index contributed by atoms with van der Waals surface area (Å²) in [5.41, 5.74) is 8.54. The number of nitrogens with zero attached hydrogens (tertiary/aromatic N) is 4. The molecule has 1 fully saturated rings. The van der Waals surface area contributed by atoms with Crippen LogP contribution in [-0.4, -0.2) is 28.6 Å². The lowest BCUT2D eigenvalue weighted by atomic mass is 10.0. The Bertz CT molecular complexity index is 729. The molecule has 2 heterocycles. The van der Waals surface area contributed by atoms with Crippen LogP contribution in [0.3, 0.4) is 0 Å². The van der Waals surface area contributed by atoms with Gasteiger partial charge in [0.1, 0.15) is 11.6 Å². The predicted molar refractivity (Wildman–Crippen MR) is 88.6 cm³/mol. The van der Waals surface area contributed by atoms with Crippen LogP contribution >= 0.6 is 0 Å². The first-order valence-corrected chi connectivity index (χ1v) is 8.15. The zero-order valence-corrected chi connectivity index (χ0v) is 13.3. The van der Waals surface area contributed by atoms with E-state index in [9.17, 15) is 0 Å². The molecule has 1 aromatic heterocycles. The minimum Gasteiger partial charge on any atom is -0.497 e. The first kappa shape index (κ1) is 14.2. The number of fused-ring (bicyclic) bond motifs is 1. The highest BCUT2D eigenvalue weighted by atomic mass is 16.5. The molecule has 1 aliphatic carbocycles. The van der Waals surface area contributed by atoms with Crippen LogP contribution in [-0.2, 0) is 13.0 Å². The molecule has 0 atom stereocenters. The van der Waals surface area contributed by atoms with E-state index in [1.54, 1.807) is 7.11 Å². The monoisotopic (exact) mass is 311 g/mol. The average Bonchev–Trinajstić information content (AvgIpc) is 3.39. The summed E-state index contributed by atoms with van der Waals surface area (Å²) >= 11 is 0. The van der Waals surface area contributed by atoms with Crippen molar-refractivity contribution in [2.75, 3.05) is 24.3 Å². The quantitative estimate of drug-likeness (QED) is 0.937. The molecule has 1 aromatic carbocycles. The first-order chi connectivity index (χ1) is 11.2. The Morgan fingerprint density at radius 2 is 2.04 bits per heavy atom. The lowest BCUT2D eigenvalue weighted by molar-refractivity contribution is 0.414. The minimum atomic E-state index is 0.330. The molecule has 6 heteroatoms. The summed E-state index contributed by atoms with van der Waals surface area (Å²) in [4.78, 5) is 15.5. The standard InChI is InChI=1S/C17H21N5O/c1-23-14-7-6-13-10-22(8-2-3-12(13)9-14)17-20-15(11-4-5-11)19-16(18)21-17/h6-7,9,11H,2-5,8,10H2,1H3,(H2,18,19,20,21). The Hall–Kier alpha value is -2.37. The molecule has 0 radical (unpaired) electrons. The van der Waals surface area contributed by atoms with Gasteiger partial charge in [0.05, 0.1) is 7.11 Å². The van der Waals surface area contributed by atoms with Crippen LogP contribution in [0.5, 0.6) is 5.75 Å². The van der Waals surface area contributed by atoms with Gasteiger partial charge < -0.3 is 15.4 Å². The molecule has 23 heavy (non-hydrogen) atoms.